The molecule has 2 amide bonds. The topological polar surface area (TPSA) is 67.9 Å². The molecule has 0 bridgehead atoms. The van der Waals surface area contributed by atoms with Crippen molar-refractivity contribution >= 4 is 35.0 Å². The second-order valence-corrected chi connectivity index (χ2v) is 8.26. The molecule has 2 aliphatic heterocycles. The number of carbonyl (C=O) groups excluding carboxylic acids is 2. The van der Waals surface area contributed by atoms with Gasteiger partial charge < -0.3 is 14.8 Å². The lowest BCUT2D eigenvalue weighted by Gasteiger charge is -2.42. The first-order valence-corrected chi connectivity index (χ1v) is 10.2. The lowest BCUT2D eigenvalue weighted by Crippen LogP contribution is -2.58. The molecule has 0 unspecified atom stereocenters. The summed E-state index contributed by atoms with van der Waals surface area (Å²) in [4.78, 5) is 28.1. The number of carbonyl (C=O) groups is 2. The summed E-state index contributed by atoms with van der Waals surface area (Å²) >= 11 is 1.42. The summed E-state index contributed by atoms with van der Waals surface area (Å²) in [7, 11) is 0. The van der Waals surface area contributed by atoms with Gasteiger partial charge in [0.1, 0.15) is 5.54 Å². The number of benzene rings is 2. The van der Waals surface area contributed by atoms with Crippen molar-refractivity contribution in [2.24, 2.45) is 0 Å². The third-order valence-electron chi connectivity index (χ3n) is 4.84. The van der Waals surface area contributed by atoms with E-state index in [1.807, 2.05) is 36.4 Å². The van der Waals surface area contributed by atoms with E-state index in [0.29, 0.717) is 24.7 Å². The zero-order chi connectivity index (χ0) is 19.7. The number of rotatable bonds is 3. The van der Waals surface area contributed by atoms with E-state index in [4.69, 9.17) is 9.47 Å². The number of hydrogen-bond acceptors (Lipinski definition) is 5. The van der Waals surface area contributed by atoms with Gasteiger partial charge in [0.15, 0.2) is 11.5 Å². The van der Waals surface area contributed by atoms with Crippen LogP contribution in [0.1, 0.15) is 20.3 Å². The van der Waals surface area contributed by atoms with Crippen molar-refractivity contribution in [3.8, 4) is 11.5 Å². The number of thioether (sulfide) groups is 1. The highest BCUT2D eigenvalue weighted by atomic mass is 32.2. The van der Waals surface area contributed by atoms with Crippen LogP contribution in [-0.4, -0.2) is 36.3 Å². The SMILES string of the molecule is CC1(C)C(=O)Nc2ccccc2N1C(=O)CSc1ccc2c(c1)OCCCO2. The van der Waals surface area contributed by atoms with Crippen LogP contribution in [0.2, 0.25) is 0 Å². The highest BCUT2D eigenvalue weighted by Gasteiger charge is 2.43. The number of nitrogens with one attached hydrogen (secondary N) is 1. The van der Waals surface area contributed by atoms with E-state index in [2.05, 4.69) is 5.32 Å². The predicted molar refractivity (Wildman–Crippen MR) is 109 cm³/mol. The summed E-state index contributed by atoms with van der Waals surface area (Å²) in [5, 5.41) is 2.88. The van der Waals surface area contributed by atoms with Crippen molar-refractivity contribution in [2.75, 3.05) is 29.2 Å². The molecule has 0 saturated heterocycles. The molecule has 28 heavy (non-hydrogen) atoms. The first kappa shape index (κ1) is 18.7. The molecule has 0 fully saturated rings. The van der Waals surface area contributed by atoms with E-state index < -0.39 is 5.54 Å². The third kappa shape index (κ3) is 3.42. The van der Waals surface area contributed by atoms with Gasteiger partial charge in [-0.1, -0.05) is 12.1 Å². The van der Waals surface area contributed by atoms with E-state index in [1.54, 1.807) is 24.8 Å². The van der Waals surface area contributed by atoms with Crippen LogP contribution < -0.4 is 19.7 Å². The monoisotopic (exact) mass is 398 g/mol. The van der Waals surface area contributed by atoms with Crippen LogP contribution in [0.15, 0.2) is 47.4 Å². The molecule has 0 aromatic heterocycles. The lowest BCUT2D eigenvalue weighted by molar-refractivity contribution is -0.125. The standard InChI is InChI=1S/C21H22N2O4S/c1-21(2)20(25)22-15-6-3-4-7-16(15)23(21)19(24)13-28-14-8-9-17-18(12-14)27-11-5-10-26-17/h3-4,6-9,12H,5,10-11,13H2,1-2H3,(H,22,25). The fourth-order valence-corrected chi connectivity index (χ4v) is 4.12. The molecular formula is C21H22N2O4S. The molecular weight excluding hydrogens is 376 g/mol. The van der Waals surface area contributed by atoms with E-state index in [0.717, 1.165) is 22.8 Å². The minimum absolute atomic E-state index is 0.121. The van der Waals surface area contributed by atoms with Gasteiger partial charge in [-0.05, 0) is 44.2 Å². The van der Waals surface area contributed by atoms with Crippen LogP contribution in [0, 0.1) is 0 Å². The molecule has 0 radical (unpaired) electrons. The van der Waals surface area contributed by atoms with Crippen molar-refractivity contribution < 1.29 is 19.1 Å². The first-order chi connectivity index (χ1) is 13.5. The zero-order valence-electron chi connectivity index (χ0n) is 15.9. The Hall–Kier alpha value is -2.67. The van der Waals surface area contributed by atoms with Gasteiger partial charge >= 0.3 is 0 Å². The fraction of sp³-hybridized carbons (Fsp3) is 0.333. The van der Waals surface area contributed by atoms with Gasteiger partial charge in [0, 0.05) is 11.3 Å². The van der Waals surface area contributed by atoms with Crippen molar-refractivity contribution in [1.82, 2.24) is 0 Å². The summed E-state index contributed by atoms with van der Waals surface area (Å²) in [5.74, 6) is 1.34. The summed E-state index contributed by atoms with van der Waals surface area (Å²) in [5.41, 5.74) is 0.411. The Morgan fingerprint density at radius 2 is 1.89 bits per heavy atom. The largest absolute Gasteiger partial charge is 0.490 e. The van der Waals surface area contributed by atoms with Gasteiger partial charge in [0.05, 0.1) is 30.3 Å². The van der Waals surface area contributed by atoms with Crippen LogP contribution in [0.4, 0.5) is 11.4 Å². The molecule has 2 aromatic carbocycles. The molecule has 0 atom stereocenters. The molecule has 0 aliphatic carbocycles. The van der Waals surface area contributed by atoms with Crippen molar-refractivity contribution in [3.05, 3.63) is 42.5 Å². The Morgan fingerprint density at radius 1 is 1.14 bits per heavy atom. The quantitative estimate of drug-likeness (QED) is 0.799. The average Bonchev–Trinajstić information content (AvgIpc) is 2.92. The average molecular weight is 398 g/mol. The number of amides is 2. The number of para-hydroxylation sites is 2. The van der Waals surface area contributed by atoms with Gasteiger partial charge in [-0.2, -0.15) is 0 Å². The Labute approximate surface area is 168 Å². The smallest absolute Gasteiger partial charge is 0.250 e. The van der Waals surface area contributed by atoms with Gasteiger partial charge in [0.2, 0.25) is 11.8 Å². The van der Waals surface area contributed by atoms with E-state index in [9.17, 15) is 9.59 Å². The highest BCUT2D eigenvalue weighted by molar-refractivity contribution is 8.00. The maximum atomic E-state index is 13.1. The van der Waals surface area contributed by atoms with Gasteiger partial charge in [-0.3, -0.25) is 14.5 Å². The first-order valence-electron chi connectivity index (χ1n) is 9.23. The molecule has 6 nitrogen and oxygen atoms in total. The number of fused-ring (bicyclic) bond motifs is 2. The van der Waals surface area contributed by atoms with Gasteiger partial charge in [0.25, 0.3) is 0 Å². The molecule has 7 heteroatoms. The molecule has 0 saturated carbocycles. The zero-order valence-corrected chi connectivity index (χ0v) is 16.7. The lowest BCUT2D eigenvalue weighted by atomic mass is 9.96. The Bertz CT molecular complexity index is 928. The molecule has 1 N–H and O–H groups in total. The Kier molecular flexibility index (Phi) is 4.93. The maximum absolute atomic E-state index is 13.1. The summed E-state index contributed by atoms with van der Waals surface area (Å²) in [6, 6.07) is 13.1. The Morgan fingerprint density at radius 3 is 2.71 bits per heavy atom. The molecule has 146 valence electrons. The normalized spacial score (nSPS) is 17.4. The predicted octanol–water partition coefficient (Wildman–Crippen LogP) is 3.70. The maximum Gasteiger partial charge on any atom is 0.250 e. The van der Waals surface area contributed by atoms with Crippen molar-refractivity contribution in [3.63, 3.8) is 0 Å². The summed E-state index contributed by atoms with van der Waals surface area (Å²) < 4.78 is 11.4. The number of hydrogen-bond donors (Lipinski definition) is 1. The van der Waals surface area contributed by atoms with Crippen LogP contribution >= 0.6 is 11.8 Å². The third-order valence-corrected chi connectivity index (χ3v) is 5.82. The molecule has 0 spiro atoms. The highest BCUT2D eigenvalue weighted by Crippen LogP contribution is 2.38. The van der Waals surface area contributed by atoms with E-state index in [-0.39, 0.29) is 17.6 Å². The van der Waals surface area contributed by atoms with Gasteiger partial charge in [-0.15, -0.1) is 11.8 Å². The summed E-state index contributed by atoms with van der Waals surface area (Å²) in [6.07, 6.45) is 0.848. The van der Waals surface area contributed by atoms with E-state index in [1.165, 1.54) is 11.8 Å². The van der Waals surface area contributed by atoms with Crippen LogP contribution in [-0.2, 0) is 9.59 Å². The van der Waals surface area contributed by atoms with Crippen LogP contribution in [0.3, 0.4) is 0 Å². The molecule has 2 aliphatic rings. The number of anilines is 2. The minimum atomic E-state index is -0.962. The second-order valence-electron chi connectivity index (χ2n) is 7.21. The Balaban J connectivity index is 1.53. The van der Waals surface area contributed by atoms with Crippen molar-refractivity contribution in [2.45, 2.75) is 30.7 Å². The molecule has 4 rings (SSSR count). The van der Waals surface area contributed by atoms with Crippen LogP contribution in [0.5, 0.6) is 11.5 Å². The van der Waals surface area contributed by atoms with Crippen molar-refractivity contribution in [1.29, 1.82) is 0 Å². The summed E-state index contributed by atoms with van der Waals surface area (Å²) in [6.45, 7) is 4.78. The van der Waals surface area contributed by atoms with Crippen LogP contribution in [0.25, 0.3) is 0 Å². The van der Waals surface area contributed by atoms with E-state index >= 15 is 0 Å². The fourth-order valence-electron chi connectivity index (χ4n) is 3.34. The van der Waals surface area contributed by atoms with Gasteiger partial charge in [-0.25, -0.2) is 0 Å². The number of ether oxygens (including phenoxy) is 2. The second kappa shape index (κ2) is 7.39. The molecule has 2 aromatic rings. The molecule has 2 heterocycles. The minimum Gasteiger partial charge on any atom is -0.490 e. The number of nitrogens with zero attached hydrogens (tertiary/aromatic N) is 1.